The first-order valence-corrected chi connectivity index (χ1v) is 10.7. The first-order valence-electron chi connectivity index (χ1n) is 9.96. The Morgan fingerprint density at radius 2 is 1.75 bits per heavy atom. The molecule has 0 aliphatic carbocycles. The third kappa shape index (κ3) is 5.61. The summed E-state index contributed by atoms with van der Waals surface area (Å²) >= 11 is 1.13. The maximum atomic E-state index is 12.4. The van der Waals surface area contributed by atoms with Gasteiger partial charge in [0.2, 0.25) is 5.88 Å². The Morgan fingerprint density at radius 1 is 1.00 bits per heavy atom. The molecule has 0 radical (unpaired) electrons. The zero-order valence-corrected chi connectivity index (χ0v) is 19.3. The van der Waals surface area contributed by atoms with Crippen molar-refractivity contribution in [3.63, 3.8) is 0 Å². The minimum Gasteiger partial charge on any atom is -0.497 e. The molecule has 32 heavy (non-hydrogen) atoms. The van der Waals surface area contributed by atoms with E-state index in [-0.39, 0.29) is 18.1 Å². The van der Waals surface area contributed by atoms with Crippen molar-refractivity contribution < 1.29 is 28.5 Å². The molecule has 0 atom stereocenters. The predicted molar refractivity (Wildman–Crippen MR) is 122 cm³/mol. The molecule has 0 spiro atoms. The van der Waals surface area contributed by atoms with E-state index in [1.165, 1.54) is 7.11 Å². The molecule has 9 heteroatoms. The average molecular weight is 459 g/mol. The zero-order chi connectivity index (χ0) is 22.9. The largest absolute Gasteiger partial charge is 0.497 e. The third-order valence-corrected chi connectivity index (χ3v) is 5.38. The molecule has 1 N–H and O–H groups in total. The first-order chi connectivity index (χ1) is 15.6. The molecule has 0 bridgehead atoms. The van der Waals surface area contributed by atoms with Crippen LogP contribution in [0.3, 0.4) is 0 Å². The lowest BCUT2D eigenvalue weighted by Gasteiger charge is -2.12. The fourth-order valence-electron chi connectivity index (χ4n) is 2.95. The summed E-state index contributed by atoms with van der Waals surface area (Å²) in [5, 5.41) is 3.79. The van der Waals surface area contributed by atoms with Crippen LogP contribution in [0.15, 0.2) is 42.5 Å². The maximum Gasteiger partial charge on any atom is 0.346 e. The van der Waals surface area contributed by atoms with Gasteiger partial charge in [0, 0.05) is 18.2 Å². The lowest BCUT2D eigenvalue weighted by atomic mass is 10.2. The summed E-state index contributed by atoms with van der Waals surface area (Å²) in [5.41, 5.74) is 2.08. The Kier molecular flexibility index (Phi) is 8.15. The van der Waals surface area contributed by atoms with E-state index in [1.54, 1.807) is 20.3 Å². The zero-order valence-electron chi connectivity index (χ0n) is 18.5. The van der Waals surface area contributed by atoms with Crippen molar-refractivity contribution in [1.82, 2.24) is 4.37 Å². The van der Waals surface area contributed by atoms with Gasteiger partial charge in [-0.2, -0.15) is 4.37 Å². The Balaban J connectivity index is 1.73. The molecule has 1 aromatic heterocycles. The van der Waals surface area contributed by atoms with Gasteiger partial charge in [-0.25, -0.2) is 4.79 Å². The van der Waals surface area contributed by atoms with Crippen LogP contribution in [0.5, 0.6) is 23.1 Å². The second-order valence-electron chi connectivity index (χ2n) is 6.58. The van der Waals surface area contributed by atoms with Crippen molar-refractivity contribution in [2.75, 3.05) is 33.3 Å². The highest BCUT2D eigenvalue weighted by atomic mass is 32.1. The van der Waals surface area contributed by atoms with Crippen LogP contribution in [0.25, 0.3) is 0 Å². The molecule has 2 aromatic carbocycles. The quantitative estimate of drug-likeness (QED) is 0.419. The van der Waals surface area contributed by atoms with E-state index in [0.29, 0.717) is 29.7 Å². The summed E-state index contributed by atoms with van der Waals surface area (Å²) in [6, 6.07) is 13.1. The Morgan fingerprint density at radius 3 is 2.41 bits per heavy atom. The van der Waals surface area contributed by atoms with Crippen LogP contribution in [0.4, 0.5) is 5.00 Å². The van der Waals surface area contributed by atoms with Crippen molar-refractivity contribution in [3.05, 3.63) is 59.2 Å². The summed E-state index contributed by atoms with van der Waals surface area (Å²) in [5.74, 6) is 1.86. The number of nitrogens with zero attached hydrogens (tertiary/aromatic N) is 1. The number of hydrogen-bond acceptors (Lipinski definition) is 9. The van der Waals surface area contributed by atoms with Crippen molar-refractivity contribution in [3.8, 4) is 23.1 Å². The van der Waals surface area contributed by atoms with Crippen molar-refractivity contribution in [2.24, 2.45) is 0 Å². The number of anilines is 1. The normalized spacial score (nSPS) is 10.4. The minimum atomic E-state index is -0.523. The number of nitrogens with one attached hydrogen (secondary N) is 1. The van der Waals surface area contributed by atoms with Crippen LogP contribution in [-0.2, 0) is 17.9 Å². The van der Waals surface area contributed by atoms with Crippen molar-refractivity contribution in [2.45, 2.75) is 20.1 Å². The summed E-state index contributed by atoms with van der Waals surface area (Å²) in [6.07, 6.45) is 0. The molecule has 0 saturated carbocycles. The molecule has 8 nitrogen and oxygen atoms in total. The number of esters is 1. The molecule has 1 heterocycles. The number of rotatable bonds is 11. The second kappa shape index (κ2) is 11.2. The number of carbonyl (C=O) groups is 1. The maximum absolute atomic E-state index is 12.4. The highest BCUT2D eigenvalue weighted by Gasteiger charge is 2.23. The van der Waals surface area contributed by atoms with Gasteiger partial charge in [-0.05, 0) is 48.3 Å². The molecular formula is C23H26N2O6S. The van der Waals surface area contributed by atoms with Crippen LogP contribution >= 0.6 is 11.5 Å². The monoisotopic (exact) mass is 458 g/mol. The highest BCUT2D eigenvalue weighted by Crippen LogP contribution is 2.33. The van der Waals surface area contributed by atoms with E-state index in [4.69, 9.17) is 23.7 Å². The van der Waals surface area contributed by atoms with Crippen LogP contribution in [0.2, 0.25) is 0 Å². The van der Waals surface area contributed by atoms with Crippen LogP contribution < -0.4 is 24.3 Å². The van der Waals surface area contributed by atoms with E-state index in [2.05, 4.69) is 9.69 Å². The van der Waals surface area contributed by atoms with E-state index in [0.717, 1.165) is 28.4 Å². The number of carbonyl (C=O) groups excluding carboxylic acids is 1. The highest BCUT2D eigenvalue weighted by molar-refractivity contribution is 7.10. The smallest absolute Gasteiger partial charge is 0.346 e. The van der Waals surface area contributed by atoms with Crippen molar-refractivity contribution in [1.29, 1.82) is 0 Å². The summed E-state index contributed by atoms with van der Waals surface area (Å²) in [7, 11) is 4.52. The lowest BCUT2D eigenvalue weighted by molar-refractivity contribution is 0.0596. The Labute approximate surface area is 191 Å². The van der Waals surface area contributed by atoms with Gasteiger partial charge < -0.3 is 29.0 Å². The molecule has 0 aliphatic rings. The summed E-state index contributed by atoms with van der Waals surface area (Å²) in [4.78, 5) is 12.4. The summed E-state index contributed by atoms with van der Waals surface area (Å²) < 4.78 is 31.2. The fraction of sp³-hybridized carbons (Fsp3) is 0.304. The minimum absolute atomic E-state index is 0.222. The summed E-state index contributed by atoms with van der Waals surface area (Å²) in [6.45, 7) is 3.21. The predicted octanol–water partition coefficient (Wildman–Crippen LogP) is 4.54. The van der Waals surface area contributed by atoms with Gasteiger partial charge in [0.15, 0.2) is 5.56 Å². The van der Waals surface area contributed by atoms with Gasteiger partial charge in [-0.1, -0.05) is 12.1 Å². The molecule has 0 fully saturated rings. The molecule has 0 aliphatic heterocycles. The molecule has 0 amide bonds. The Bertz CT molecular complexity index is 1040. The number of ether oxygens (including phenoxy) is 5. The molecular weight excluding hydrogens is 432 g/mol. The van der Waals surface area contributed by atoms with Gasteiger partial charge in [0.25, 0.3) is 0 Å². The SMILES string of the molecule is CCOc1ccc(COc2nsc(NCc3ccc(OC)cc3OC)c2C(=O)OC)cc1. The van der Waals surface area contributed by atoms with E-state index in [9.17, 15) is 4.79 Å². The number of hydrogen-bond donors (Lipinski definition) is 1. The van der Waals surface area contributed by atoms with Gasteiger partial charge in [-0.15, -0.1) is 0 Å². The van der Waals surface area contributed by atoms with Gasteiger partial charge in [-0.3, -0.25) is 0 Å². The van der Waals surface area contributed by atoms with Crippen LogP contribution in [-0.4, -0.2) is 38.3 Å². The van der Waals surface area contributed by atoms with Crippen molar-refractivity contribution >= 4 is 22.5 Å². The van der Waals surface area contributed by atoms with E-state index in [1.807, 2.05) is 43.3 Å². The molecule has 3 rings (SSSR count). The standard InChI is InChI=1S/C23H26N2O6S/c1-5-30-17-9-6-15(7-10-17)14-31-21-20(23(26)29-4)22(32-25-21)24-13-16-8-11-18(27-2)12-19(16)28-3/h6-12,24H,5,13-14H2,1-4H3. The van der Waals surface area contributed by atoms with Crippen LogP contribution in [0.1, 0.15) is 28.4 Å². The third-order valence-electron chi connectivity index (χ3n) is 4.59. The average Bonchev–Trinajstić information content (AvgIpc) is 3.24. The molecule has 170 valence electrons. The van der Waals surface area contributed by atoms with Crippen LogP contribution in [0, 0.1) is 0 Å². The van der Waals surface area contributed by atoms with Gasteiger partial charge in [0.1, 0.15) is 28.9 Å². The lowest BCUT2D eigenvalue weighted by Crippen LogP contribution is -2.09. The Hall–Kier alpha value is -3.46. The number of methoxy groups -OCH3 is 3. The second-order valence-corrected chi connectivity index (χ2v) is 7.35. The first kappa shape index (κ1) is 23.2. The van der Waals surface area contributed by atoms with E-state index >= 15 is 0 Å². The fourth-order valence-corrected chi connectivity index (χ4v) is 3.67. The molecule has 0 saturated heterocycles. The van der Waals surface area contributed by atoms with E-state index < -0.39 is 5.97 Å². The molecule has 0 unspecified atom stereocenters. The number of benzene rings is 2. The molecule has 3 aromatic rings. The number of aromatic nitrogens is 1. The van der Waals surface area contributed by atoms with Gasteiger partial charge in [0.05, 0.1) is 27.9 Å². The topological polar surface area (TPSA) is 88.1 Å². The van der Waals surface area contributed by atoms with Gasteiger partial charge >= 0.3 is 5.97 Å².